The number of amides is 1. The number of aromatic nitrogens is 3. The molecule has 0 aliphatic heterocycles. The van der Waals surface area contributed by atoms with Gasteiger partial charge in [0.25, 0.3) is 5.56 Å². The number of carbonyl (C=O) groups is 1. The van der Waals surface area contributed by atoms with Gasteiger partial charge in [-0.05, 0) is 19.4 Å². The quantitative estimate of drug-likeness (QED) is 0.501. The summed E-state index contributed by atoms with van der Waals surface area (Å²) in [6.45, 7) is 3.61. The third-order valence-electron chi connectivity index (χ3n) is 3.62. The summed E-state index contributed by atoms with van der Waals surface area (Å²) in [6, 6.07) is 9.96. The molecule has 6 nitrogen and oxygen atoms in total. The lowest BCUT2D eigenvalue weighted by Crippen LogP contribution is -2.23. The van der Waals surface area contributed by atoms with Gasteiger partial charge in [-0.1, -0.05) is 42.1 Å². The minimum Gasteiger partial charge on any atom is -0.302 e. The van der Waals surface area contributed by atoms with Crippen LogP contribution in [0.2, 0.25) is 0 Å². The summed E-state index contributed by atoms with van der Waals surface area (Å²) in [4.78, 5) is 35.9. The molecule has 26 heavy (non-hydrogen) atoms. The van der Waals surface area contributed by atoms with Gasteiger partial charge in [-0.15, -0.1) is 11.3 Å². The Labute approximate surface area is 159 Å². The lowest BCUT2D eigenvalue weighted by molar-refractivity contribution is -0.115. The van der Waals surface area contributed by atoms with Gasteiger partial charge in [0.05, 0.1) is 12.1 Å². The number of rotatable bonds is 6. The Morgan fingerprint density at radius 3 is 2.65 bits per heavy atom. The molecule has 1 amide bonds. The molecule has 2 heterocycles. The monoisotopic (exact) mass is 386 g/mol. The second kappa shape index (κ2) is 8.29. The third-order valence-corrected chi connectivity index (χ3v) is 5.44. The van der Waals surface area contributed by atoms with E-state index < -0.39 is 0 Å². The number of hydrogen-bond donors (Lipinski definition) is 2. The highest BCUT2D eigenvalue weighted by Crippen LogP contribution is 2.19. The number of nitrogens with zero attached hydrogens (tertiary/aromatic N) is 2. The van der Waals surface area contributed by atoms with Gasteiger partial charge in [0.2, 0.25) is 5.91 Å². The Bertz CT molecular complexity index is 967. The standard InChI is InChI=1S/C18H18N4O2S2/c1-11-9-25-17(19-11)21-15(23)8-14-12(2)20-18(22-16(14)24)26-10-13-6-4-3-5-7-13/h3-7,9H,8,10H2,1-2H3,(H,19,21,23)(H,20,22,24). The van der Waals surface area contributed by atoms with Gasteiger partial charge in [-0.25, -0.2) is 9.97 Å². The Hall–Kier alpha value is -2.45. The largest absolute Gasteiger partial charge is 0.302 e. The number of nitrogens with one attached hydrogen (secondary N) is 2. The summed E-state index contributed by atoms with van der Waals surface area (Å²) in [6.07, 6.45) is -0.0313. The van der Waals surface area contributed by atoms with Gasteiger partial charge in [-0.3, -0.25) is 9.59 Å². The normalized spacial score (nSPS) is 10.7. The number of carbonyl (C=O) groups excluding carboxylic acids is 1. The molecule has 1 aromatic carbocycles. The van der Waals surface area contributed by atoms with E-state index in [1.165, 1.54) is 23.1 Å². The summed E-state index contributed by atoms with van der Waals surface area (Å²) < 4.78 is 0. The van der Waals surface area contributed by atoms with Crippen LogP contribution in [0.1, 0.15) is 22.5 Å². The van der Waals surface area contributed by atoms with Crippen molar-refractivity contribution in [1.82, 2.24) is 15.0 Å². The zero-order valence-electron chi connectivity index (χ0n) is 14.4. The molecule has 0 bridgehead atoms. The maximum absolute atomic E-state index is 12.4. The maximum Gasteiger partial charge on any atom is 0.255 e. The number of benzene rings is 1. The summed E-state index contributed by atoms with van der Waals surface area (Å²) in [5.41, 5.74) is 2.66. The van der Waals surface area contributed by atoms with Crippen LogP contribution in [-0.4, -0.2) is 20.9 Å². The number of aromatic amines is 1. The fourth-order valence-corrected chi connectivity index (χ4v) is 3.89. The van der Waals surface area contributed by atoms with E-state index in [-0.39, 0.29) is 17.9 Å². The van der Waals surface area contributed by atoms with Crippen LogP contribution >= 0.6 is 23.1 Å². The third kappa shape index (κ3) is 4.80. The molecule has 0 fully saturated rings. The zero-order valence-corrected chi connectivity index (χ0v) is 16.0. The second-order valence-electron chi connectivity index (χ2n) is 5.73. The van der Waals surface area contributed by atoms with Crippen LogP contribution in [0.5, 0.6) is 0 Å². The first-order valence-corrected chi connectivity index (χ1v) is 9.86. The fraction of sp³-hybridized carbons (Fsp3) is 0.222. The lowest BCUT2D eigenvalue weighted by atomic mass is 10.1. The van der Waals surface area contributed by atoms with Crippen molar-refractivity contribution in [3.8, 4) is 0 Å². The number of hydrogen-bond acceptors (Lipinski definition) is 6. The Kier molecular flexibility index (Phi) is 5.85. The van der Waals surface area contributed by atoms with E-state index in [2.05, 4.69) is 20.3 Å². The van der Waals surface area contributed by atoms with Crippen LogP contribution in [0.25, 0.3) is 0 Å². The first-order chi connectivity index (χ1) is 12.5. The Morgan fingerprint density at radius 2 is 2.00 bits per heavy atom. The summed E-state index contributed by atoms with van der Waals surface area (Å²) in [5.74, 6) is 0.436. The van der Waals surface area contributed by atoms with Gasteiger partial charge in [0.15, 0.2) is 10.3 Å². The zero-order chi connectivity index (χ0) is 18.5. The molecule has 0 unspecified atom stereocenters. The van der Waals surface area contributed by atoms with E-state index in [9.17, 15) is 9.59 Å². The average Bonchev–Trinajstić information content (AvgIpc) is 3.02. The molecule has 0 spiro atoms. The number of anilines is 1. The summed E-state index contributed by atoms with van der Waals surface area (Å²) in [7, 11) is 0. The SMILES string of the molecule is Cc1csc(NC(=O)Cc2c(C)nc(SCc3ccccc3)[nH]c2=O)n1. The predicted molar refractivity (Wildman–Crippen MR) is 105 cm³/mol. The van der Waals surface area contributed by atoms with Crippen molar-refractivity contribution in [2.75, 3.05) is 5.32 Å². The van der Waals surface area contributed by atoms with Crippen molar-refractivity contribution in [1.29, 1.82) is 0 Å². The first kappa shape index (κ1) is 18.3. The molecule has 0 aliphatic carbocycles. The second-order valence-corrected chi connectivity index (χ2v) is 7.55. The van der Waals surface area contributed by atoms with Crippen molar-refractivity contribution in [3.05, 3.63) is 68.6 Å². The van der Waals surface area contributed by atoms with Crippen LogP contribution in [0, 0.1) is 13.8 Å². The molecule has 2 N–H and O–H groups in total. The molecule has 0 atom stereocenters. The maximum atomic E-state index is 12.4. The highest BCUT2D eigenvalue weighted by Gasteiger charge is 2.14. The molecule has 8 heteroatoms. The van der Waals surface area contributed by atoms with Gasteiger partial charge < -0.3 is 10.3 Å². The number of thiazole rings is 1. The molecule has 3 aromatic rings. The molecular weight excluding hydrogens is 368 g/mol. The van der Waals surface area contributed by atoms with Crippen LogP contribution < -0.4 is 10.9 Å². The van der Waals surface area contributed by atoms with Crippen LogP contribution in [0.15, 0.2) is 45.7 Å². The van der Waals surface area contributed by atoms with E-state index in [1.54, 1.807) is 6.92 Å². The van der Waals surface area contributed by atoms with Crippen LogP contribution in [-0.2, 0) is 17.0 Å². The highest BCUT2D eigenvalue weighted by atomic mass is 32.2. The van der Waals surface area contributed by atoms with Crippen molar-refractivity contribution in [2.45, 2.75) is 31.2 Å². The minimum absolute atomic E-state index is 0.0313. The van der Waals surface area contributed by atoms with Gasteiger partial charge in [0, 0.05) is 22.4 Å². The molecule has 2 aromatic heterocycles. The van der Waals surface area contributed by atoms with Gasteiger partial charge >= 0.3 is 0 Å². The fourth-order valence-electron chi connectivity index (χ4n) is 2.32. The number of aryl methyl sites for hydroxylation is 2. The Balaban J connectivity index is 1.67. The average molecular weight is 387 g/mol. The van der Waals surface area contributed by atoms with E-state index >= 15 is 0 Å². The van der Waals surface area contributed by atoms with Gasteiger partial charge in [-0.2, -0.15) is 0 Å². The minimum atomic E-state index is -0.279. The molecule has 0 saturated heterocycles. The van der Waals surface area contributed by atoms with E-state index in [0.29, 0.717) is 27.3 Å². The van der Waals surface area contributed by atoms with Crippen molar-refractivity contribution >= 4 is 34.1 Å². The first-order valence-electron chi connectivity index (χ1n) is 8.00. The summed E-state index contributed by atoms with van der Waals surface area (Å²) in [5, 5.41) is 5.65. The molecule has 0 saturated carbocycles. The van der Waals surface area contributed by atoms with Crippen molar-refractivity contribution in [2.24, 2.45) is 0 Å². The highest BCUT2D eigenvalue weighted by molar-refractivity contribution is 7.98. The molecule has 0 aliphatic rings. The number of thioether (sulfide) groups is 1. The molecule has 134 valence electrons. The summed E-state index contributed by atoms with van der Waals surface area (Å²) >= 11 is 2.82. The van der Waals surface area contributed by atoms with E-state index in [1.807, 2.05) is 42.6 Å². The molecule has 3 rings (SSSR count). The van der Waals surface area contributed by atoms with Crippen LogP contribution in [0.4, 0.5) is 5.13 Å². The molecular formula is C18H18N4O2S2. The van der Waals surface area contributed by atoms with Crippen molar-refractivity contribution in [3.63, 3.8) is 0 Å². The Morgan fingerprint density at radius 1 is 1.23 bits per heavy atom. The topological polar surface area (TPSA) is 87.7 Å². The van der Waals surface area contributed by atoms with Gasteiger partial charge in [0.1, 0.15) is 0 Å². The van der Waals surface area contributed by atoms with E-state index in [0.717, 1.165) is 11.3 Å². The molecule has 0 radical (unpaired) electrons. The lowest BCUT2D eigenvalue weighted by Gasteiger charge is -2.07. The smallest absolute Gasteiger partial charge is 0.255 e. The van der Waals surface area contributed by atoms with Crippen LogP contribution in [0.3, 0.4) is 0 Å². The van der Waals surface area contributed by atoms with Crippen molar-refractivity contribution < 1.29 is 4.79 Å². The van der Waals surface area contributed by atoms with E-state index in [4.69, 9.17) is 0 Å². The predicted octanol–water partition coefficient (Wildman–Crippen LogP) is 3.32. The number of H-pyrrole nitrogens is 1.